The van der Waals surface area contributed by atoms with Crippen molar-refractivity contribution in [3.8, 4) is 11.3 Å². The zero-order valence-corrected chi connectivity index (χ0v) is 13.8. The van der Waals surface area contributed by atoms with Crippen LogP contribution in [0.3, 0.4) is 0 Å². The molecule has 0 aliphatic carbocycles. The number of benzene rings is 2. The molecule has 0 amide bonds. The lowest BCUT2D eigenvalue weighted by Gasteiger charge is -2.03. The van der Waals surface area contributed by atoms with Gasteiger partial charge in [0.25, 0.3) is 0 Å². The number of carboxylic acids is 1. The SMILES string of the molecule is O=C(O)Cc1c(-c2cccc(Cl)c2)[nH]c2ccc(I)cc12. The van der Waals surface area contributed by atoms with Crippen LogP contribution in [0.1, 0.15) is 5.56 Å². The number of H-pyrrole nitrogens is 1. The van der Waals surface area contributed by atoms with Gasteiger partial charge in [-0.05, 0) is 64.0 Å². The Morgan fingerprint density at radius 3 is 2.76 bits per heavy atom. The van der Waals surface area contributed by atoms with Gasteiger partial charge in [-0.25, -0.2) is 0 Å². The highest BCUT2D eigenvalue weighted by atomic mass is 127. The van der Waals surface area contributed by atoms with Crippen LogP contribution in [0.25, 0.3) is 22.2 Å². The predicted octanol–water partition coefficient (Wildman–Crippen LogP) is 4.72. The van der Waals surface area contributed by atoms with Crippen LogP contribution in [0.4, 0.5) is 0 Å². The van der Waals surface area contributed by atoms with E-state index in [0.717, 1.165) is 31.3 Å². The van der Waals surface area contributed by atoms with Crippen LogP contribution in [0.5, 0.6) is 0 Å². The van der Waals surface area contributed by atoms with E-state index in [2.05, 4.69) is 27.6 Å². The van der Waals surface area contributed by atoms with Crippen molar-refractivity contribution < 1.29 is 9.90 Å². The highest BCUT2D eigenvalue weighted by molar-refractivity contribution is 14.1. The van der Waals surface area contributed by atoms with Crippen molar-refractivity contribution in [1.29, 1.82) is 0 Å². The van der Waals surface area contributed by atoms with Crippen LogP contribution in [-0.4, -0.2) is 16.1 Å². The molecule has 0 saturated heterocycles. The minimum atomic E-state index is -0.849. The summed E-state index contributed by atoms with van der Waals surface area (Å²) < 4.78 is 1.07. The van der Waals surface area contributed by atoms with Gasteiger partial charge in [-0.15, -0.1) is 0 Å². The minimum Gasteiger partial charge on any atom is -0.481 e. The average molecular weight is 412 g/mol. The first-order chi connectivity index (χ1) is 10.0. The number of aromatic nitrogens is 1. The first kappa shape index (κ1) is 14.4. The minimum absolute atomic E-state index is 0.0259. The third-order valence-corrected chi connectivity index (χ3v) is 4.22. The van der Waals surface area contributed by atoms with Gasteiger partial charge >= 0.3 is 5.97 Å². The average Bonchev–Trinajstić information content (AvgIpc) is 2.76. The second-order valence-corrected chi connectivity index (χ2v) is 6.43. The number of aromatic amines is 1. The van der Waals surface area contributed by atoms with E-state index in [1.807, 2.05) is 36.4 Å². The summed E-state index contributed by atoms with van der Waals surface area (Å²) in [5.41, 5.74) is 3.43. The Bertz CT molecular complexity index is 841. The summed E-state index contributed by atoms with van der Waals surface area (Å²) in [6.07, 6.45) is -0.0259. The Morgan fingerprint density at radius 2 is 2.05 bits per heavy atom. The normalized spacial score (nSPS) is 11.0. The standard InChI is InChI=1S/C16H11ClINO2/c17-10-3-1-2-9(6-10)16-13(8-15(20)21)12-7-11(18)4-5-14(12)19-16/h1-7,19H,8H2,(H,20,21). The molecule has 21 heavy (non-hydrogen) atoms. The molecule has 3 aromatic rings. The van der Waals surface area contributed by atoms with Crippen molar-refractivity contribution in [2.45, 2.75) is 6.42 Å². The number of rotatable bonds is 3. The van der Waals surface area contributed by atoms with Crippen LogP contribution in [0.15, 0.2) is 42.5 Å². The van der Waals surface area contributed by atoms with Crippen molar-refractivity contribution in [2.75, 3.05) is 0 Å². The summed E-state index contributed by atoms with van der Waals surface area (Å²) in [5.74, 6) is -0.849. The first-order valence-corrected chi connectivity index (χ1v) is 7.78. The summed E-state index contributed by atoms with van der Waals surface area (Å²) in [5, 5.41) is 10.8. The Balaban J connectivity index is 2.28. The zero-order valence-electron chi connectivity index (χ0n) is 10.9. The Kier molecular flexibility index (Phi) is 3.91. The molecule has 0 radical (unpaired) electrons. The van der Waals surface area contributed by atoms with Gasteiger partial charge in [-0.2, -0.15) is 0 Å². The topological polar surface area (TPSA) is 53.1 Å². The lowest BCUT2D eigenvalue weighted by Crippen LogP contribution is -2.01. The van der Waals surface area contributed by atoms with Gasteiger partial charge in [0.1, 0.15) is 0 Å². The summed E-state index contributed by atoms with van der Waals surface area (Å²) >= 11 is 8.27. The van der Waals surface area contributed by atoms with E-state index in [0.29, 0.717) is 5.02 Å². The van der Waals surface area contributed by atoms with E-state index in [1.54, 1.807) is 6.07 Å². The molecular formula is C16H11ClINO2. The van der Waals surface area contributed by atoms with Gasteiger partial charge in [-0.3, -0.25) is 4.79 Å². The van der Waals surface area contributed by atoms with Crippen LogP contribution >= 0.6 is 34.2 Å². The third kappa shape index (κ3) is 2.91. The van der Waals surface area contributed by atoms with Crippen LogP contribution in [0, 0.1) is 3.57 Å². The van der Waals surface area contributed by atoms with Crippen LogP contribution in [-0.2, 0) is 11.2 Å². The number of carbonyl (C=O) groups is 1. The van der Waals surface area contributed by atoms with E-state index in [-0.39, 0.29) is 6.42 Å². The molecule has 1 heterocycles. The van der Waals surface area contributed by atoms with Crippen molar-refractivity contribution in [2.24, 2.45) is 0 Å². The molecule has 2 N–H and O–H groups in total. The van der Waals surface area contributed by atoms with E-state index in [1.165, 1.54) is 0 Å². The van der Waals surface area contributed by atoms with Crippen molar-refractivity contribution in [1.82, 2.24) is 4.98 Å². The predicted molar refractivity (Wildman–Crippen MR) is 92.8 cm³/mol. The van der Waals surface area contributed by atoms with E-state index in [4.69, 9.17) is 11.6 Å². The molecule has 0 fully saturated rings. The maximum atomic E-state index is 11.2. The second kappa shape index (κ2) is 5.69. The highest BCUT2D eigenvalue weighted by Gasteiger charge is 2.16. The molecule has 0 aliphatic rings. The maximum Gasteiger partial charge on any atom is 0.307 e. The molecule has 106 valence electrons. The zero-order chi connectivity index (χ0) is 15.0. The van der Waals surface area contributed by atoms with Gasteiger partial charge in [-0.1, -0.05) is 23.7 Å². The molecule has 1 aromatic heterocycles. The molecule has 5 heteroatoms. The number of carboxylic acid groups (broad SMARTS) is 1. The molecule has 0 unspecified atom stereocenters. The molecule has 3 nitrogen and oxygen atoms in total. The van der Waals surface area contributed by atoms with E-state index < -0.39 is 5.97 Å². The number of fused-ring (bicyclic) bond motifs is 1. The Labute approximate surface area is 140 Å². The smallest absolute Gasteiger partial charge is 0.307 e. The maximum absolute atomic E-state index is 11.2. The molecule has 2 aromatic carbocycles. The molecule has 0 bridgehead atoms. The van der Waals surface area contributed by atoms with Gasteiger partial charge in [0.15, 0.2) is 0 Å². The summed E-state index contributed by atoms with van der Waals surface area (Å²) in [7, 11) is 0. The number of halogens is 2. The van der Waals surface area contributed by atoms with Gasteiger partial charge in [0.2, 0.25) is 0 Å². The van der Waals surface area contributed by atoms with Crippen molar-refractivity contribution >= 4 is 51.1 Å². The number of hydrogen-bond donors (Lipinski definition) is 2. The summed E-state index contributed by atoms with van der Waals surface area (Å²) in [6.45, 7) is 0. The van der Waals surface area contributed by atoms with Crippen LogP contribution in [0.2, 0.25) is 5.02 Å². The Hall–Kier alpha value is -1.53. The third-order valence-electron chi connectivity index (χ3n) is 3.31. The van der Waals surface area contributed by atoms with E-state index in [9.17, 15) is 9.90 Å². The van der Waals surface area contributed by atoms with Crippen molar-refractivity contribution in [3.05, 3.63) is 56.6 Å². The molecule has 0 spiro atoms. The molecule has 0 atom stereocenters. The van der Waals surface area contributed by atoms with Gasteiger partial charge in [0.05, 0.1) is 12.1 Å². The van der Waals surface area contributed by atoms with E-state index >= 15 is 0 Å². The number of nitrogens with one attached hydrogen (secondary N) is 1. The molecule has 3 rings (SSSR count). The molecule has 0 aliphatic heterocycles. The first-order valence-electron chi connectivity index (χ1n) is 6.32. The molecule has 0 saturated carbocycles. The van der Waals surface area contributed by atoms with Gasteiger partial charge in [0, 0.05) is 19.5 Å². The lowest BCUT2D eigenvalue weighted by atomic mass is 10.0. The lowest BCUT2D eigenvalue weighted by molar-refractivity contribution is -0.136. The molecular weight excluding hydrogens is 401 g/mol. The quantitative estimate of drug-likeness (QED) is 0.613. The summed E-state index contributed by atoms with van der Waals surface area (Å²) in [6, 6.07) is 13.4. The van der Waals surface area contributed by atoms with Gasteiger partial charge < -0.3 is 10.1 Å². The highest BCUT2D eigenvalue weighted by Crippen LogP contribution is 2.32. The fourth-order valence-corrected chi connectivity index (χ4v) is 3.13. The number of aliphatic carboxylic acids is 1. The number of hydrogen-bond acceptors (Lipinski definition) is 1. The Morgan fingerprint density at radius 1 is 1.24 bits per heavy atom. The van der Waals surface area contributed by atoms with Crippen molar-refractivity contribution in [3.63, 3.8) is 0 Å². The second-order valence-electron chi connectivity index (χ2n) is 4.75. The summed E-state index contributed by atoms with van der Waals surface area (Å²) in [4.78, 5) is 14.5. The largest absolute Gasteiger partial charge is 0.481 e. The fourth-order valence-electron chi connectivity index (χ4n) is 2.45. The monoisotopic (exact) mass is 411 g/mol. The van der Waals surface area contributed by atoms with Crippen LogP contribution < -0.4 is 0 Å². The fraction of sp³-hybridized carbons (Fsp3) is 0.0625.